The van der Waals surface area contributed by atoms with Crippen LogP contribution in [0.4, 0.5) is 0 Å². The highest BCUT2D eigenvalue weighted by atomic mass is 16.4. The molecule has 0 aromatic heterocycles. The van der Waals surface area contributed by atoms with E-state index in [0.29, 0.717) is 11.1 Å². The Bertz CT molecular complexity index is 657. The van der Waals surface area contributed by atoms with Crippen molar-refractivity contribution in [3.8, 4) is 0 Å². The number of hydrogen-bond donors (Lipinski definition) is 0. The number of carbonyl (C=O) groups excluding carboxylic acids is 2. The van der Waals surface area contributed by atoms with Crippen LogP contribution in [0.1, 0.15) is 37.4 Å². The highest BCUT2D eigenvalue weighted by Crippen LogP contribution is 2.20. The lowest BCUT2D eigenvalue weighted by Gasteiger charge is -2.13. The van der Waals surface area contributed by atoms with Crippen LogP contribution in [0.5, 0.6) is 0 Å². The van der Waals surface area contributed by atoms with E-state index in [1.54, 1.807) is 31.2 Å². The van der Waals surface area contributed by atoms with Gasteiger partial charge in [0.05, 0.1) is 5.97 Å². The van der Waals surface area contributed by atoms with Crippen LogP contribution in [0.15, 0.2) is 42.5 Å². The summed E-state index contributed by atoms with van der Waals surface area (Å²) in [6, 6.07) is 11.8. The number of benzene rings is 2. The van der Waals surface area contributed by atoms with Crippen LogP contribution >= 0.6 is 0 Å². The van der Waals surface area contributed by atoms with Crippen molar-refractivity contribution in [2.75, 3.05) is 0 Å². The number of carboxylic acid groups (broad SMARTS) is 1. The summed E-state index contributed by atoms with van der Waals surface area (Å²) >= 11 is 0. The van der Waals surface area contributed by atoms with Crippen LogP contribution < -0.4 is 5.11 Å². The smallest absolute Gasteiger partial charge is 0.194 e. The Labute approximate surface area is 111 Å². The molecule has 0 N–H and O–H groups in total. The molecule has 0 saturated heterocycles. The van der Waals surface area contributed by atoms with Gasteiger partial charge in [-0.3, -0.25) is 4.79 Å². The Morgan fingerprint density at radius 2 is 1.42 bits per heavy atom. The molecule has 0 radical (unpaired) electrons. The quantitative estimate of drug-likeness (QED) is 0.785. The monoisotopic (exact) mass is 253 g/mol. The Balaban J connectivity index is 2.63. The molecule has 0 amide bonds. The van der Waals surface area contributed by atoms with E-state index in [9.17, 15) is 14.7 Å². The van der Waals surface area contributed by atoms with E-state index in [1.807, 2.05) is 19.1 Å². The van der Waals surface area contributed by atoms with Crippen LogP contribution in [-0.2, 0) is 0 Å². The molecule has 2 aromatic carbocycles. The summed E-state index contributed by atoms with van der Waals surface area (Å²) in [7, 11) is 0. The minimum atomic E-state index is -1.33. The second-order valence-corrected chi connectivity index (χ2v) is 4.43. The molecule has 96 valence electrons. The van der Waals surface area contributed by atoms with Gasteiger partial charge in [-0.25, -0.2) is 0 Å². The predicted octanol–water partition coefficient (Wildman–Crippen LogP) is 1.90. The predicted molar refractivity (Wildman–Crippen MR) is 70.1 cm³/mol. The Morgan fingerprint density at radius 1 is 0.842 bits per heavy atom. The molecule has 2 aromatic rings. The summed E-state index contributed by atoms with van der Waals surface area (Å²) in [6.45, 7) is 3.54. The van der Waals surface area contributed by atoms with E-state index < -0.39 is 5.97 Å². The summed E-state index contributed by atoms with van der Waals surface area (Å²) in [6.07, 6.45) is 0. The SMILES string of the molecule is Cc1ccccc1C(=O)c1c(C)cccc1C(=O)[O-]. The van der Waals surface area contributed by atoms with Crippen molar-refractivity contribution in [2.45, 2.75) is 13.8 Å². The van der Waals surface area contributed by atoms with Gasteiger partial charge in [0, 0.05) is 16.7 Å². The van der Waals surface area contributed by atoms with Crippen molar-refractivity contribution in [1.29, 1.82) is 0 Å². The maximum Gasteiger partial charge on any atom is 0.194 e. The number of aromatic carboxylic acids is 1. The Hall–Kier alpha value is -2.42. The first kappa shape index (κ1) is 13.0. The van der Waals surface area contributed by atoms with Gasteiger partial charge in [0.15, 0.2) is 5.78 Å². The van der Waals surface area contributed by atoms with Gasteiger partial charge in [0.2, 0.25) is 0 Å². The first-order chi connectivity index (χ1) is 9.02. The van der Waals surface area contributed by atoms with Crippen LogP contribution in [0.3, 0.4) is 0 Å². The molecule has 0 atom stereocenters. The fourth-order valence-corrected chi connectivity index (χ4v) is 2.10. The maximum atomic E-state index is 12.5. The van der Waals surface area contributed by atoms with Crippen molar-refractivity contribution in [1.82, 2.24) is 0 Å². The molecular formula is C16H13O3-. The molecular weight excluding hydrogens is 240 g/mol. The molecule has 0 aliphatic rings. The van der Waals surface area contributed by atoms with Crippen molar-refractivity contribution in [3.05, 3.63) is 70.3 Å². The Morgan fingerprint density at radius 3 is 2.05 bits per heavy atom. The number of hydrogen-bond acceptors (Lipinski definition) is 3. The molecule has 0 aliphatic carbocycles. The minimum Gasteiger partial charge on any atom is -0.545 e. The third-order valence-corrected chi connectivity index (χ3v) is 3.11. The first-order valence-electron chi connectivity index (χ1n) is 5.93. The highest BCUT2D eigenvalue weighted by molar-refractivity contribution is 6.15. The number of rotatable bonds is 3. The fraction of sp³-hybridized carbons (Fsp3) is 0.125. The van der Waals surface area contributed by atoms with Crippen LogP contribution in [0.25, 0.3) is 0 Å². The minimum absolute atomic E-state index is 0.0618. The normalized spacial score (nSPS) is 10.2. The fourth-order valence-electron chi connectivity index (χ4n) is 2.10. The molecule has 19 heavy (non-hydrogen) atoms. The summed E-state index contributed by atoms with van der Waals surface area (Å²) in [4.78, 5) is 23.7. The van der Waals surface area contributed by atoms with Crippen LogP contribution in [-0.4, -0.2) is 11.8 Å². The van der Waals surface area contributed by atoms with Gasteiger partial charge in [-0.1, -0.05) is 42.5 Å². The number of aryl methyl sites for hydroxylation is 2. The first-order valence-corrected chi connectivity index (χ1v) is 5.93. The highest BCUT2D eigenvalue weighted by Gasteiger charge is 2.17. The topological polar surface area (TPSA) is 57.2 Å². The van der Waals surface area contributed by atoms with E-state index in [4.69, 9.17) is 0 Å². The van der Waals surface area contributed by atoms with E-state index in [2.05, 4.69) is 0 Å². The molecule has 0 saturated carbocycles. The average molecular weight is 253 g/mol. The molecule has 2 rings (SSSR count). The van der Waals surface area contributed by atoms with E-state index >= 15 is 0 Å². The standard InChI is InChI=1S/C16H14O3/c1-10-6-3-4-8-12(10)15(17)14-11(2)7-5-9-13(14)16(18)19/h3-9H,1-2H3,(H,18,19)/p-1. The average Bonchev–Trinajstić information content (AvgIpc) is 2.38. The number of ketones is 1. The summed E-state index contributed by atoms with van der Waals surface area (Å²) in [5.41, 5.74) is 2.11. The van der Waals surface area contributed by atoms with E-state index in [-0.39, 0.29) is 16.9 Å². The van der Waals surface area contributed by atoms with Gasteiger partial charge in [-0.15, -0.1) is 0 Å². The van der Waals surface area contributed by atoms with Gasteiger partial charge in [0.1, 0.15) is 0 Å². The van der Waals surface area contributed by atoms with Gasteiger partial charge >= 0.3 is 0 Å². The molecule has 3 heteroatoms. The van der Waals surface area contributed by atoms with Gasteiger partial charge in [-0.2, -0.15) is 0 Å². The lowest BCUT2D eigenvalue weighted by atomic mass is 9.92. The number of carboxylic acids is 1. The zero-order valence-corrected chi connectivity index (χ0v) is 10.8. The molecule has 0 aliphatic heterocycles. The molecule has 0 bridgehead atoms. The van der Waals surface area contributed by atoms with Gasteiger partial charge < -0.3 is 9.90 Å². The zero-order chi connectivity index (χ0) is 14.0. The second kappa shape index (κ2) is 5.06. The van der Waals surface area contributed by atoms with Crippen molar-refractivity contribution >= 4 is 11.8 Å². The lowest BCUT2D eigenvalue weighted by Crippen LogP contribution is -2.25. The summed E-state index contributed by atoms with van der Waals surface area (Å²) < 4.78 is 0. The van der Waals surface area contributed by atoms with E-state index in [1.165, 1.54) is 6.07 Å². The van der Waals surface area contributed by atoms with Gasteiger partial charge in [0.25, 0.3) is 0 Å². The van der Waals surface area contributed by atoms with Crippen molar-refractivity contribution in [3.63, 3.8) is 0 Å². The molecule has 0 heterocycles. The Kier molecular flexibility index (Phi) is 3.47. The van der Waals surface area contributed by atoms with E-state index in [0.717, 1.165) is 5.56 Å². The summed E-state index contributed by atoms with van der Waals surface area (Å²) in [5.74, 6) is -1.61. The molecule has 0 spiro atoms. The molecule has 0 fully saturated rings. The van der Waals surface area contributed by atoms with Gasteiger partial charge in [-0.05, 0) is 25.0 Å². The molecule has 0 unspecified atom stereocenters. The van der Waals surface area contributed by atoms with Crippen molar-refractivity contribution in [2.24, 2.45) is 0 Å². The maximum absolute atomic E-state index is 12.5. The zero-order valence-electron chi connectivity index (χ0n) is 10.8. The van der Waals surface area contributed by atoms with Crippen LogP contribution in [0.2, 0.25) is 0 Å². The largest absolute Gasteiger partial charge is 0.545 e. The third kappa shape index (κ3) is 2.40. The number of carbonyl (C=O) groups is 2. The molecule has 3 nitrogen and oxygen atoms in total. The second-order valence-electron chi connectivity index (χ2n) is 4.43. The third-order valence-electron chi connectivity index (χ3n) is 3.11. The van der Waals surface area contributed by atoms with Crippen molar-refractivity contribution < 1.29 is 14.7 Å². The van der Waals surface area contributed by atoms with Crippen LogP contribution in [0, 0.1) is 13.8 Å². The lowest BCUT2D eigenvalue weighted by molar-refractivity contribution is -0.255. The summed E-state index contributed by atoms with van der Waals surface area (Å²) in [5, 5.41) is 11.1.